The molecule has 0 bridgehead atoms. The Hall–Kier alpha value is -2.19. The van der Waals surface area contributed by atoms with Gasteiger partial charge in [0.1, 0.15) is 6.04 Å². The number of carbonyl (C=O) groups is 2. The Morgan fingerprint density at radius 1 is 1.15 bits per heavy atom. The SMILES string of the molecule is CS(=O)(=O)N1C(=O)CCC1C(=O)N1CCN(C/C=C/c2ccccc2)CC1. The molecule has 0 aliphatic carbocycles. The number of hydrogen-bond donors (Lipinski definition) is 0. The molecule has 2 heterocycles. The quantitative estimate of drug-likeness (QED) is 0.742. The summed E-state index contributed by atoms with van der Waals surface area (Å²) in [5.41, 5.74) is 1.15. The molecule has 2 aliphatic rings. The average Bonchev–Trinajstić information content (AvgIpc) is 3.04. The summed E-state index contributed by atoms with van der Waals surface area (Å²) in [5, 5.41) is 0. The van der Waals surface area contributed by atoms with Gasteiger partial charge in [0.15, 0.2) is 0 Å². The van der Waals surface area contributed by atoms with Gasteiger partial charge in [-0.05, 0) is 12.0 Å². The van der Waals surface area contributed by atoms with E-state index in [4.69, 9.17) is 0 Å². The topological polar surface area (TPSA) is 78.0 Å². The predicted molar refractivity (Wildman–Crippen MR) is 103 cm³/mol. The lowest BCUT2D eigenvalue weighted by atomic mass is 10.2. The Morgan fingerprint density at radius 2 is 1.81 bits per heavy atom. The zero-order chi connectivity index (χ0) is 19.4. The second kappa shape index (κ2) is 8.22. The largest absolute Gasteiger partial charge is 0.338 e. The number of benzene rings is 1. The van der Waals surface area contributed by atoms with Crippen LogP contribution in [0.15, 0.2) is 36.4 Å². The molecule has 7 nitrogen and oxygen atoms in total. The fraction of sp³-hybridized carbons (Fsp3) is 0.474. The van der Waals surface area contributed by atoms with Crippen LogP contribution in [0.5, 0.6) is 0 Å². The molecule has 2 aliphatic heterocycles. The highest BCUT2D eigenvalue weighted by molar-refractivity contribution is 7.89. The standard InChI is InChI=1S/C19H25N3O4S/c1-27(25,26)22-17(9-10-18(22)23)19(24)21-14-12-20(13-15-21)11-5-8-16-6-3-2-4-7-16/h2-8,17H,9-15H2,1H3/b8-5+. The number of sulfonamides is 1. The summed E-state index contributed by atoms with van der Waals surface area (Å²) in [6, 6.07) is 9.19. The number of hydrogen-bond acceptors (Lipinski definition) is 5. The highest BCUT2D eigenvalue weighted by atomic mass is 32.2. The molecule has 1 atom stereocenters. The van der Waals surface area contributed by atoms with Gasteiger partial charge < -0.3 is 4.90 Å². The Morgan fingerprint density at radius 3 is 2.44 bits per heavy atom. The van der Waals surface area contributed by atoms with E-state index in [0.717, 1.165) is 35.8 Å². The van der Waals surface area contributed by atoms with Crippen LogP contribution in [0.25, 0.3) is 6.08 Å². The van der Waals surface area contributed by atoms with Crippen LogP contribution in [-0.2, 0) is 19.6 Å². The fourth-order valence-corrected chi connectivity index (χ4v) is 4.68. The third kappa shape index (κ3) is 4.75. The van der Waals surface area contributed by atoms with Crippen LogP contribution in [-0.4, -0.2) is 79.4 Å². The molecule has 1 aromatic carbocycles. The van der Waals surface area contributed by atoms with E-state index >= 15 is 0 Å². The van der Waals surface area contributed by atoms with Crippen molar-refractivity contribution in [2.75, 3.05) is 39.0 Å². The lowest BCUT2D eigenvalue weighted by Gasteiger charge is -2.36. The van der Waals surface area contributed by atoms with Crippen LogP contribution in [0.1, 0.15) is 18.4 Å². The van der Waals surface area contributed by atoms with Gasteiger partial charge in [-0.2, -0.15) is 0 Å². The van der Waals surface area contributed by atoms with Crippen molar-refractivity contribution in [1.29, 1.82) is 0 Å². The Balaban J connectivity index is 1.52. The number of piperazine rings is 1. The maximum absolute atomic E-state index is 12.7. The fourth-order valence-electron chi connectivity index (χ4n) is 3.56. The first-order valence-corrected chi connectivity index (χ1v) is 11.0. The molecular weight excluding hydrogens is 366 g/mol. The van der Waals surface area contributed by atoms with Gasteiger partial charge in [0, 0.05) is 39.1 Å². The van der Waals surface area contributed by atoms with E-state index in [9.17, 15) is 18.0 Å². The van der Waals surface area contributed by atoms with Crippen LogP contribution in [0, 0.1) is 0 Å². The summed E-state index contributed by atoms with van der Waals surface area (Å²) in [6.07, 6.45) is 5.53. The molecule has 3 rings (SSSR count). The first-order chi connectivity index (χ1) is 12.9. The third-order valence-corrected chi connectivity index (χ3v) is 6.13. The Kier molecular flexibility index (Phi) is 5.96. The second-order valence-electron chi connectivity index (χ2n) is 6.95. The number of amides is 2. The molecule has 2 saturated heterocycles. The monoisotopic (exact) mass is 391 g/mol. The number of rotatable bonds is 5. The van der Waals surface area contributed by atoms with Crippen molar-refractivity contribution >= 4 is 27.9 Å². The maximum Gasteiger partial charge on any atom is 0.246 e. The van der Waals surface area contributed by atoms with Gasteiger partial charge in [-0.3, -0.25) is 14.5 Å². The van der Waals surface area contributed by atoms with E-state index in [1.54, 1.807) is 4.90 Å². The highest BCUT2D eigenvalue weighted by Crippen LogP contribution is 2.24. The summed E-state index contributed by atoms with van der Waals surface area (Å²) >= 11 is 0. The molecular formula is C19H25N3O4S. The lowest BCUT2D eigenvalue weighted by molar-refractivity contribution is -0.139. The van der Waals surface area contributed by atoms with E-state index in [-0.39, 0.29) is 18.7 Å². The van der Waals surface area contributed by atoms with Crippen molar-refractivity contribution in [3.8, 4) is 0 Å². The lowest BCUT2D eigenvalue weighted by Crippen LogP contribution is -2.54. The molecule has 8 heteroatoms. The summed E-state index contributed by atoms with van der Waals surface area (Å²) in [6.45, 7) is 3.34. The molecule has 0 N–H and O–H groups in total. The molecule has 2 fully saturated rings. The maximum atomic E-state index is 12.7. The molecule has 0 aromatic heterocycles. The van der Waals surface area contributed by atoms with Gasteiger partial charge in [0.2, 0.25) is 21.8 Å². The van der Waals surface area contributed by atoms with Crippen LogP contribution < -0.4 is 0 Å². The van der Waals surface area contributed by atoms with Crippen molar-refractivity contribution in [3.05, 3.63) is 42.0 Å². The molecule has 0 saturated carbocycles. The van der Waals surface area contributed by atoms with Crippen LogP contribution in [0.4, 0.5) is 0 Å². The number of nitrogens with zero attached hydrogens (tertiary/aromatic N) is 3. The van der Waals surface area contributed by atoms with Gasteiger partial charge in [0.25, 0.3) is 0 Å². The number of carbonyl (C=O) groups excluding carboxylic acids is 2. The van der Waals surface area contributed by atoms with Crippen molar-refractivity contribution < 1.29 is 18.0 Å². The van der Waals surface area contributed by atoms with Crippen molar-refractivity contribution in [3.63, 3.8) is 0 Å². The van der Waals surface area contributed by atoms with Crippen molar-refractivity contribution in [2.24, 2.45) is 0 Å². The molecule has 27 heavy (non-hydrogen) atoms. The van der Waals surface area contributed by atoms with E-state index in [1.165, 1.54) is 0 Å². The average molecular weight is 391 g/mol. The predicted octanol–water partition coefficient (Wildman–Crippen LogP) is 0.795. The minimum Gasteiger partial charge on any atom is -0.338 e. The van der Waals surface area contributed by atoms with E-state index < -0.39 is 22.0 Å². The van der Waals surface area contributed by atoms with Crippen molar-refractivity contribution in [2.45, 2.75) is 18.9 Å². The van der Waals surface area contributed by atoms with Gasteiger partial charge in [-0.1, -0.05) is 42.5 Å². The molecule has 0 radical (unpaired) electrons. The zero-order valence-corrected chi connectivity index (χ0v) is 16.3. The van der Waals surface area contributed by atoms with Crippen LogP contribution >= 0.6 is 0 Å². The Bertz CT molecular complexity index is 815. The first-order valence-electron chi connectivity index (χ1n) is 9.11. The summed E-state index contributed by atoms with van der Waals surface area (Å²) in [4.78, 5) is 28.5. The van der Waals surface area contributed by atoms with Gasteiger partial charge in [-0.25, -0.2) is 12.7 Å². The smallest absolute Gasteiger partial charge is 0.246 e. The molecule has 146 valence electrons. The molecule has 0 spiro atoms. The normalized spacial score (nSPS) is 22.0. The summed E-state index contributed by atoms with van der Waals surface area (Å²) < 4.78 is 24.5. The molecule has 1 aromatic rings. The molecule has 2 amide bonds. The second-order valence-corrected chi connectivity index (χ2v) is 8.81. The van der Waals surface area contributed by atoms with Gasteiger partial charge in [0.05, 0.1) is 6.26 Å². The van der Waals surface area contributed by atoms with E-state index in [2.05, 4.69) is 17.1 Å². The van der Waals surface area contributed by atoms with Gasteiger partial charge in [-0.15, -0.1) is 0 Å². The van der Waals surface area contributed by atoms with E-state index in [0.29, 0.717) is 13.1 Å². The summed E-state index contributed by atoms with van der Waals surface area (Å²) in [7, 11) is -3.72. The Labute approximate surface area is 160 Å². The van der Waals surface area contributed by atoms with E-state index in [1.807, 2.05) is 30.3 Å². The van der Waals surface area contributed by atoms with Gasteiger partial charge >= 0.3 is 0 Å². The minimum atomic E-state index is -3.72. The van der Waals surface area contributed by atoms with Crippen LogP contribution in [0.2, 0.25) is 0 Å². The third-order valence-electron chi connectivity index (χ3n) is 4.96. The van der Waals surface area contributed by atoms with Crippen LogP contribution in [0.3, 0.4) is 0 Å². The van der Waals surface area contributed by atoms with Crippen molar-refractivity contribution in [1.82, 2.24) is 14.1 Å². The highest BCUT2D eigenvalue weighted by Gasteiger charge is 2.43. The molecule has 1 unspecified atom stereocenters. The first kappa shape index (κ1) is 19.6. The minimum absolute atomic E-state index is 0.105. The summed E-state index contributed by atoms with van der Waals surface area (Å²) in [5.74, 6) is -0.744. The zero-order valence-electron chi connectivity index (χ0n) is 15.5.